The third kappa shape index (κ3) is 3.22. The number of likely N-dealkylation sites (N-methyl/N-ethyl adjacent to an activating group) is 2. The second-order valence-corrected chi connectivity index (χ2v) is 6.82. The van der Waals surface area contributed by atoms with Gasteiger partial charge in [-0.25, -0.2) is 4.98 Å². The van der Waals surface area contributed by atoms with Gasteiger partial charge in [0.05, 0.1) is 6.42 Å². The van der Waals surface area contributed by atoms with Crippen molar-refractivity contribution in [1.29, 1.82) is 0 Å². The summed E-state index contributed by atoms with van der Waals surface area (Å²) in [6, 6.07) is 8.35. The van der Waals surface area contributed by atoms with Gasteiger partial charge in [-0.1, -0.05) is 0 Å². The van der Waals surface area contributed by atoms with Gasteiger partial charge in [0.25, 0.3) is 0 Å². The molecule has 1 aromatic carbocycles. The number of nitrogens with zero attached hydrogens (tertiary/aromatic N) is 5. The molecule has 4 rings (SSSR count). The van der Waals surface area contributed by atoms with Crippen LogP contribution < -0.4 is 15.1 Å². The Morgan fingerprint density at radius 1 is 1.12 bits per heavy atom. The van der Waals surface area contributed by atoms with E-state index in [0.29, 0.717) is 18.9 Å². The first kappa shape index (κ1) is 16.8. The first-order chi connectivity index (χ1) is 12.6. The lowest BCUT2D eigenvalue weighted by molar-refractivity contribution is -0.117. The minimum absolute atomic E-state index is 0.0884. The quantitative estimate of drug-likeness (QED) is 0.906. The Bertz CT molecular complexity index is 798. The van der Waals surface area contributed by atoms with Gasteiger partial charge in [-0.15, -0.1) is 0 Å². The van der Waals surface area contributed by atoms with Crippen molar-refractivity contribution in [3.63, 3.8) is 0 Å². The number of carbonyl (C=O) groups is 1. The van der Waals surface area contributed by atoms with Crippen LogP contribution >= 0.6 is 0 Å². The van der Waals surface area contributed by atoms with Gasteiger partial charge in [0.2, 0.25) is 11.9 Å². The van der Waals surface area contributed by atoms with Crippen LogP contribution in [0.15, 0.2) is 30.5 Å². The van der Waals surface area contributed by atoms with E-state index in [1.54, 1.807) is 11.1 Å². The van der Waals surface area contributed by atoms with Crippen molar-refractivity contribution in [1.82, 2.24) is 14.9 Å². The third-order valence-corrected chi connectivity index (χ3v) is 5.05. The molecule has 26 heavy (non-hydrogen) atoms. The maximum Gasteiger partial charge on any atom is 0.232 e. The Kier molecular flexibility index (Phi) is 4.46. The molecule has 1 fully saturated rings. The van der Waals surface area contributed by atoms with Gasteiger partial charge >= 0.3 is 0 Å². The first-order valence-corrected chi connectivity index (χ1v) is 9.11. The first-order valence-electron chi connectivity index (χ1n) is 9.11. The lowest BCUT2D eigenvalue weighted by Crippen LogP contribution is -2.44. The summed E-state index contributed by atoms with van der Waals surface area (Å²) in [7, 11) is 2.16. The van der Waals surface area contributed by atoms with Gasteiger partial charge in [-0.3, -0.25) is 9.69 Å². The number of fused-ring (bicyclic) bond motifs is 1. The highest BCUT2D eigenvalue weighted by Crippen LogP contribution is 2.28. The minimum atomic E-state index is 0.0884. The zero-order chi connectivity index (χ0) is 18.1. The van der Waals surface area contributed by atoms with E-state index in [-0.39, 0.29) is 5.91 Å². The number of carbonyl (C=O) groups excluding carboxylic acids is 1. The molecule has 0 saturated carbocycles. The summed E-state index contributed by atoms with van der Waals surface area (Å²) < 4.78 is 0. The summed E-state index contributed by atoms with van der Waals surface area (Å²) in [5.74, 6) is 1.33. The molecule has 0 atom stereocenters. The number of nitrogens with one attached hydrogen (secondary N) is 1. The number of aromatic nitrogens is 2. The maximum atomic E-state index is 12.0. The van der Waals surface area contributed by atoms with E-state index in [1.165, 1.54) is 5.69 Å². The third-order valence-electron chi connectivity index (χ3n) is 5.05. The predicted molar refractivity (Wildman–Crippen MR) is 103 cm³/mol. The average Bonchev–Trinajstić information content (AvgIpc) is 2.97. The molecule has 0 aliphatic carbocycles. The highest BCUT2D eigenvalue weighted by atomic mass is 16.2. The van der Waals surface area contributed by atoms with Crippen LogP contribution in [0.5, 0.6) is 0 Å². The van der Waals surface area contributed by atoms with E-state index < -0.39 is 0 Å². The number of benzene rings is 1. The summed E-state index contributed by atoms with van der Waals surface area (Å²) in [5, 5.41) is 3.24. The summed E-state index contributed by atoms with van der Waals surface area (Å²) in [6.45, 7) is 6.88. The fourth-order valence-electron chi connectivity index (χ4n) is 3.47. The van der Waals surface area contributed by atoms with Crippen LogP contribution in [-0.4, -0.2) is 60.5 Å². The molecule has 136 valence electrons. The topological polar surface area (TPSA) is 64.6 Å². The molecule has 1 N–H and O–H groups in total. The molecular weight excluding hydrogens is 328 g/mol. The zero-order valence-corrected chi connectivity index (χ0v) is 15.3. The Labute approximate surface area is 153 Å². The molecule has 0 spiro atoms. The molecule has 2 aromatic rings. The molecule has 2 aliphatic heterocycles. The highest BCUT2D eigenvalue weighted by molar-refractivity contribution is 6.00. The molecule has 2 aliphatic rings. The predicted octanol–water partition coefficient (Wildman–Crippen LogP) is 1.88. The van der Waals surface area contributed by atoms with Gasteiger partial charge in [-0.2, -0.15) is 4.98 Å². The fourth-order valence-corrected chi connectivity index (χ4v) is 3.47. The molecular formula is C19H24N6O. The lowest BCUT2D eigenvalue weighted by Gasteiger charge is -2.34. The summed E-state index contributed by atoms with van der Waals surface area (Å²) in [5.41, 5.74) is 3.07. The van der Waals surface area contributed by atoms with Gasteiger partial charge in [-0.05, 0) is 38.2 Å². The molecule has 7 nitrogen and oxygen atoms in total. The largest absolute Gasteiger partial charge is 0.369 e. The van der Waals surface area contributed by atoms with E-state index in [0.717, 1.165) is 43.2 Å². The molecule has 0 unspecified atom stereocenters. The second kappa shape index (κ2) is 6.92. The second-order valence-electron chi connectivity index (χ2n) is 6.82. The Morgan fingerprint density at radius 2 is 1.85 bits per heavy atom. The van der Waals surface area contributed by atoms with Crippen LogP contribution in [0.25, 0.3) is 0 Å². The fraction of sp³-hybridized carbons (Fsp3) is 0.421. The van der Waals surface area contributed by atoms with Crippen molar-refractivity contribution >= 4 is 29.0 Å². The number of amides is 1. The van der Waals surface area contributed by atoms with Crippen LogP contribution in [-0.2, 0) is 11.2 Å². The maximum absolute atomic E-state index is 12.0. The van der Waals surface area contributed by atoms with Gasteiger partial charge in [0, 0.05) is 55.9 Å². The lowest BCUT2D eigenvalue weighted by atomic mass is 10.2. The van der Waals surface area contributed by atoms with Gasteiger partial charge < -0.3 is 15.1 Å². The smallest absolute Gasteiger partial charge is 0.232 e. The molecule has 1 amide bonds. The molecule has 0 bridgehead atoms. The Morgan fingerprint density at radius 3 is 2.54 bits per heavy atom. The summed E-state index contributed by atoms with van der Waals surface area (Å²) >= 11 is 0. The summed E-state index contributed by atoms with van der Waals surface area (Å²) in [4.78, 5) is 27.3. The molecule has 0 radical (unpaired) electrons. The van der Waals surface area contributed by atoms with Crippen molar-refractivity contribution in [3.05, 3.63) is 36.0 Å². The SMILES string of the molecule is CCN1C(=O)Cc2cnc(Nc3ccc(N4CCN(C)CC4)cc3)nc21. The molecule has 1 saturated heterocycles. The standard InChI is InChI=1S/C19H24N6O/c1-3-25-17(26)12-14-13-20-19(22-18(14)25)21-15-4-6-16(7-5-15)24-10-8-23(2)9-11-24/h4-7,13H,3,8-12H2,1-2H3,(H,20,21,22). The van der Waals surface area contributed by atoms with Gasteiger partial charge in [0.15, 0.2) is 0 Å². The highest BCUT2D eigenvalue weighted by Gasteiger charge is 2.28. The molecule has 1 aromatic heterocycles. The number of hydrogen-bond acceptors (Lipinski definition) is 6. The monoisotopic (exact) mass is 352 g/mol. The van der Waals surface area contributed by atoms with E-state index in [9.17, 15) is 4.79 Å². The van der Waals surface area contributed by atoms with Crippen LogP contribution in [0.1, 0.15) is 12.5 Å². The molecule has 7 heteroatoms. The van der Waals surface area contributed by atoms with Crippen LogP contribution in [0.3, 0.4) is 0 Å². The van der Waals surface area contributed by atoms with E-state index in [4.69, 9.17) is 0 Å². The Balaban J connectivity index is 1.47. The van der Waals surface area contributed by atoms with Crippen LogP contribution in [0, 0.1) is 0 Å². The van der Waals surface area contributed by atoms with Crippen molar-refractivity contribution in [3.8, 4) is 0 Å². The van der Waals surface area contributed by atoms with Crippen molar-refractivity contribution in [2.45, 2.75) is 13.3 Å². The average molecular weight is 352 g/mol. The van der Waals surface area contributed by atoms with Crippen LogP contribution in [0.2, 0.25) is 0 Å². The van der Waals surface area contributed by atoms with Crippen molar-refractivity contribution in [2.75, 3.05) is 54.9 Å². The van der Waals surface area contributed by atoms with Crippen molar-refractivity contribution in [2.24, 2.45) is 0 Å². The normalized spacial score (nSPS) is 17.5. The van der Waals surface area contributed by atoms with Crippen molar-refractivity contribution < 1.29 is 4.79 Å². The zero-order valence-electron chi connectivity index (χ0n) is 15.3. The van der Waals surface area contributed by atoms with E-state index in [1.807, 2.05) is 19.1 Å². The summed E-state index contributed by atoms with van der Waals surface area (Å²) in [6.07, 6.45) is 2.14. The number of piperazine rings is 1. The number of anilines is 4. The number of rotatable bonds is 4. The minimum Gasteiger partial charge on any atom is -0.369 e. The van der Waals surface area contributed by atoms with E-state index in [2.05, 4.69) is 44.3 Å². The molecule has 3 heterocycles. The van der Waals surface area contributed by atoms with E-state index >= 15 is 0 Å². The Hall–Kier alpha value is -2.67. The van der Waals surface area contributed by atoms with Crippen LogP contribution in [0.4, 0.5) is 23.1 Å². The number of hydrogen-bond donors (Lipinski definition) is 1. The van der Waals surface area contributed by atoms with Gasteiger partial charge in [0.1, 0.15) is 5.82 Å².